The standard InChI is InChI=1S/C21H16ClN3O4S/c22-15-2-1-3-16(11-15)25-30(28,29)17-5-7-20(26)19(12-17)24-21(27)14-4-6-18-13(10-14)8-9-23-18/h1-12,23,25-26H,(H,24,27). The predicted molar refractivity (Wildman–Crippen MR) is 117 cm³/mol. The molecular weight excluding hydrogens is 426 g/mol. The SMILES string of the molecule is O=C(Nc1cc(S(=O)(=O)Nc2cccc(Cl)c2)ccc1O)c1ccc2[nH]ccc2c1. The number of fused-ring (bicyclic) bond motifs is 1. The molecule has 0 aliphatic heterocycles. The number of nitrogens with one attached hydrogen (secondary N) is 3. The lowest BCUT2D eigenvalue weighted by atomic mass is 10.1. The second-order valence-electron chi connectivity index (χ2n) is 6.53. The van der Waals surface area contributed by atoms with Gasteiger partial charge in [0.25, 0.3) is 15.9 Å². The first-order chi connectivity index (χ1) is 14.3. The highest BCUT2D eigenvalue weighted by Crippen LogP contribution is 2.28. The van der Waals surface area contributed by atoms with E-state index in [0.717, 1.165) is 10.9 Å². The van der Waals surface area contributed by atoms with Crippen molar-refractivity contribution >= 4 is 49.8 Å². The van der Waals surface area contributed by atoms with Crippen LogP contribution in [0.5, 0.6) is 5.75 Å². The van der Waals surface area contributed by atoms with Gasteiger partial charge in [-0.1, -0.05) is 17.7 Å². The van der Waals surface area contributed by atoms with Crippen LogP contribution in [0.3, 0.4) is 0 Å². The number of phenolic OH excluding ortho intramolecular Hbond substituents is 1. The maximum atomic E-state index is 12.7. The van der Waals surface area contributed by atoms with Gasteiger partial charge in [-0.15, -0.1) is 0 Å². The van der Waals surface area contributed by atoms with Gasteiger partial charge in [-0.3, -0.25) is 9.52 Å². The summed E-state index contributed by atoms with van der Waals surface area (Å²) in [5, 5.41) is 13.9. The van der Waals surface area contributed by atoms with Crippen LogP contribution in [-0.2, 0) is 10.0 Å². The number of phenols is 1. The Hall–Kier alpha value is -3.49. The van der Waals surface area contributed by atoms with Gasteiger partial charge in [0.05, 0.1) is 16.3 Å². The smallest absolute Gasteiger partial charge is 0.261 e. The second kappa shape index (κ2) is 7.74. The molecular formula is C21H16ClN3O4S. The van der Waals surface area contributed by atoms with E-state index in [1.807, 2.05) is 6.07 Å². The molecule has 4 aromatic rings. The third-order valence-corrected chi connectivity index (χ3v) is 6.03. The number of benzene rings is 3. The van der Waals surface area contributed by atoms with E-state index in [4.69, 9.17) is 11.6 Å². The Balaban J connectivity index is 1.60. The summed E-state index contributed by atoms with van der Waals surface area (Å²) >= 11 is 5.89. The summed E-state index contributed by atoms with van der Waals surface area (Å²) in [7, 11) is -3.97. The fourth-order valence-corrected chi connectivity index (χ4v) is 4.20. The Labute approximate surface area is 177 Å². The number of aromatic amines is 1. The number of anilines is 2. The number of hydrogen-bond donors (Lipinski definition) is 4. The first-order valence-electron chi connectivity index (χ1n) is 8.82. The third-order valence-electron chi connectivity index (χ3n) is 4.42. The molecule has 0 spiro atoms. The minimum Gasteiger partial charge on any atom is -0.506 e. The fraction of sp³-hybridized carbons (Fsp3) is 0. The van der Waals surface area contributed by atoms with Crippen LogP contribution in [0.1, 0.15) is 10.4 Å². The molecule has 152 valence electrons. The molecule has 1 aromatic heterocycles. The van der Waals surface area contributed by atoms with E-state index < -0.39 is 15.9 Å². The van der Waals surface area contributed by atoms with E-state index in [1.165, 1.54) is 24.3 Å². The molecule has 0 saturated carbocycles. The number of rotatable bonds is 5. The van der Waals surface area contributed by atoms with Crippen molar-refractivity contribution in [2.75, 3.05) is 10.0 Å². The van der Waals surface area contributed by atoms with Gasteiger partial charge in [-0.05, 0) is 60.7 Å². The summed E-state index contributed by atoms with van der Waals surface area (Å²) in [4.78, 5) is 15.5. The van der Waals surface area contributed by atoms with Crippen molar-refractivity contribution in [3.05, 3.63) is 83.5 Å². The number of aromatic nitrogens is 1. The number of carbonyl (C=O) groups excluding carboxylic acids is 1. The Morgan fingerprint density at radius 1 is 1.00 bits per heavy atom. The van der Waals surface area contributed by atoms with Crippen LogP contribution in [0.2, 0.25) is 5.02 Å². The highest BCUT2D eigenvalue weighted by atomic mass is 35.5. The second-order valence-corrected chi connectivity index (χ2v) is 8.65. The van der Waals surface area contributed by atoms with Crippen LogP contribution in [0.4, 0.5) is 11.4 Å². The summed E-state index contributed by atoms with van der Waals surface area (Å²) in [5.41, 5.74) is 1.52. The van der Waals surface area contributed by atoms with Crippen LogP contribution in [0, 0.1) is 0 Å². The van der Waals surface area contributed by atoms with Crippen molar-refractivity contribution in [2.45, 2.75) is 4.90 Å². The van der Waals surface area contributed by atoms with Gasteiger partial charge < -0.3 is 15.4 Å². The molecule has 7 nitrogen and oxygen atoms in total. The maximum Gasteiger partial charge on any atom is 0.261 e. The first kappa shape index (κ1) is 19.8. The average Bonchev–Trinajstić information content (AvgIpc) is 3.17. The largest absolute Gasteiger partial charge is 0.506 e. The maximum absolute atomic E-state index is 12.7. The van der Waals surface area contributed by atoms with Gasteiger partial charge in [0.1, 0.15) is 5.75 Å². The molecule has 0 radical (unpaired) electrons. The van der Waals surface area contributed by atoms with Crippen LogP contribution in [-0.4, -0.2) is 24.4 Å². The highest BCUT2D eigenvalue weighted by Gasteiger charge is 2.18. The van der Waals surface area contributed by atoms with E-state index in [0.29, 0.717) is 16.3 Å². The van der Waals surface area contributed by atoms with Crippen molar-refractivity contribution in [3.63, 3.8) is 0 Å². The van der Waals surface area contributed by atoms with Crippen LogP contribution < -0.4 is 10.0 Å². The number of H-pyrrole nitrogens is 1. The summed E-state index contributed by atoms with van der Waals surface area (Å²) in [5.74, 6) is -0.737. The molecule has 9 heteroatoms. The van der Waals surface area contributed by atoms with Crippen molar-refractivity contribution in [1.82, 2.24) is 4.98 Å². The zero-order valence-electron chi connectivity index (χ0n) is 15.4. The minimum absolute atomic E-state index is 0.0249. The molecule has 0 atom stereocenters. The van der Waals surface area contributed by atoms with Crippen molar-refractivity contribution in [2.24, 2.45) is 0 Å². The molecule has 0 saturated heterocycles. The quantitative estimate of drug-likeness (QED) is 0.339. The lowest BCUT2D eigenvalue weighted by Crippen LogP contribution is -2.15. The summed E-state index contributed by atoms with van der Waals surface area (Å²) in [6, 6.07) is 16.8. The molecule has 3 aromatic carbocycles. The molecule has 0 fully saturated rings. The summed E-state index contributed by atoms with van der Waals surface area (Å²) in [6.45, 7) is 0. The molecule has 0 bridgehead atoms. The predicted octanol–water partition coefficient (Wildman–Crippen LogP) is 4.58. The van der Waals surface area contributed by atoms with Gasteiger partial charge in [0.2, 0.25) is 0 Å². The van der Waals surface area contributed by atoms with Gasteiger partial charge in [-0.2, -0.15) is 0 Å². The molecule has 0 unspecified atom stereocenters. The topological polar surface area (TPSA) is 111 Å². The normalized spacial score (nSPS) is 11.4. The van der Waals surface area contributed by atoms with E-state index in [2.05, 4.69) is 15.0 Å². The lowest BCUT2D eigenvalue weighted by Gasteiger charge is -2.12. The lowest BCUT2D eigenvalue weighted by molar-refractivity contribution is 0.102. The average molecular weight is 442 g/mol. The molecule has 0 aliphatic rings. The molecule has 4 N–H and O–H groups in total. The number of aromatic hydroxyl groups is 1. The van der Waals surface area contributed by atoms with E-state index in [1.54, 1.807) is 42.6 Å². The molecule has 1 amide bonds. The van der Waals surface area contributed by atoms with Crippen LogP contribution in [0.15, 0.2) is 77.8 Å². The summed E-state index contributed by atoms with van der Waals surface area (Å²) < 4.78 is 27.8. The number of halogens is 1. The Morgan fingerprint density at radius 3 is 2.63 bits per heavy atom. The van der Waals surface area contributed by atoms with Gasteiger partial charge in [0, 0.05) is 27.7 Å². The van der Waals surface area contributed by atoms with Gasteiger partial charge in [0.15, 0.2) is 0 Å². The molecule has 0 aliphatic carbocycles. The number of carbonyl (C=O) groups is 1. The highest BCUT2D eigenvalue weighted by molar-refractivity contribution is 7.92. The third kappa shape index (κ3) is 4.10. The van der Waals surface area contributed by atoms with Crippen molar-refractivity contribution in [1.29, 1.82) is 0 Å². The zero-order chi connectivity index (χ0) is 21.3. The van der Waals surface area contributed by atoms with Crippen molar-refractivity contribution < 1.29 is 18.3 Å². The zero-order valence-corrected chi connectivity index (χ0v) is 17.0. The van der Waals surface area contributed by atoms with Crippen molar-refractivity contribution in [3.8, 4) is 5.75 Å². The molecule has 4 rings (SSSR count). The first-order valence-corrected chi connectivity index (χ1v) is 10.7. The Kier molecular flexibility index (Phi) is 5.11. The van der Waals surface area contributed by atoms with E-state index >= 15 is 0 Å². The number of hydrogen-bond acceptors (Lipinski definition) is 4. The Bertz CT molecular complexity index is 1370. The van der Waals surface area contributed by atoms with E-state index in [-0.39, 0.29) is 16.3 Å². The van der Waals surface area contributed by atoms with Gasteiger partial charge >= 0.3 is 0 Å². The van der Waals surface area contributed by atoms with Crippen LogP contribution >= 0.6 is 11.6 Å². The number of amides is 1. The minimum atomic E-state index is -3.97. The summed E-state index contributed by atoms with van der Waals surface area (Å²) in [6.07, 6.45) is 1.76. The van der Waals surface area contributed by atoms with E-state index in [9.17, 15) is 18.3 Å². The number of sulfonamides is 1. The van der Waals surface area contributed by atoms with Gasteiger partial charge in [-0.25, -0.2) is 8.42 Å². The van der Waals surface area contributed by atoms with Crippen LogP contribution in [0.25, 0.3) is 10.9 Å². The Morgan fingerprint density at radius 2 is 1.83 bits per heavy atom. The molecule has 1 heterocycles. The monoisotopic (exact) mass is 441 g/mol. The fourth-order valence-electron chi connectivity index (χ4n) is 2.94. The molecule has 30 heavy (non-hydrogen) atoms.